The molecule has 1 heterocycles. The first kappa shape index (κ1) is 16.8. The smallest absolute Gasteiger partial charge is 0.374 e. The molecule has 0 saturated carbocycles. The van der Waals surface area contributed by atoms with Crippen LogP contribution in [0.2, 0.25) is 0 Å². The summed E-state index contributed by atoms with van der Waals surface area (Å²) in [4.78, 5) is 0. The Morgan fingerprint density at radius 1 is 1.32 bits per heavy atom. The number of hydrogen-bond donors (Lipinski definition) is 1. The highest BCUT2D eigenvalue weighted by atomic mass is 19.4. The first-order valence-electron chi connectivity index (χ1n) is 7.31. The predicted octanol–water partition coefficient (Wildman–Crippen LogP) is 4.05. The van der Waals surface area contributed by atoms with Crippen LogP contribution >= 0.6 is 0 Å². The van der Waals surface area contributed by atoms with E-state index in [9.17, 15) is 13.2 Å². The first-order valence-corrected chi connectivity index (χ1v) is 7.31. The van der Waals surface area contributed by atoms with Crippen molar-refractivity contribution in [3.63, 3.8) is 0 Å². The van der Waals surface area contributed by atoms with Crippen LogP contribution in [0, 0.1) is 0 Å². The van der Waals surface area contributed by atoms with Crippen LogP contribution in [0.5, 0.6) is 0 Å². The van der Waals surface area contributed by atoms with Crippen molar-refractivity contribution in [2.75, 3.05) is 13.2 Å². The van der Waals surface area contributed by atoms with Crippen LogP contribution < -0.4 is 5.32 Å². The van der Waals surface area contributed by atoms with E-state index in [0.29, 0.717) is 6.42 Å². The lowest BCUT2D eigenvalue weighted by atomic mass is 9.85. The van der Waals surface area contributed by atoms with Crippen LogP contribution in [0.1, 0.15) is 58.8 Å². The van der Waals surface area contributed by atoms with Crippen LogP contribution in [0.3, 0.4) is 0 Å². The molecule has 1 N–H and O–H groups in total. The van der Waals surface area contributed by atoms with Gasteiger partial charge in [0.25, 0.3) is 0 Å². The van der Waals surface area contributed by atoms with Crippen molar-refractivity contribution in [3.8, 4) is 0 Å². The minimum absolute atomic E-state index is 0.0232. The molecule has 0 aromatic heterocycles. The summed E-state index contributed by atoms with van der Waals surface area (Å²) in [5.74, 6) is 0. The van der Waals surface area contributed by atoms with Crippen LogP contribution in [-0.4, -0.2) is 31.0 Å². The Balaban J connectivity index is 2.50. The van der Waals surface area contributed by atoms with Crippen molar-refractivity contribution in [1.29, 1.82) is 0 Å². The third kappa shape index (κ3) is 6.13. The summed E-state index contributed by atoms with van der Waals surface area (Å²) in [7, 11) is 0. The van der Waals surface area contributed by atoms with Gasteiger partial charge in [-0.25, -0.2) is 0 Å². The molecule has 2 nitrogen and oxygen atoms in total. The third-order valence-electron chi connectivity index (χ3n) is 3.83. The molecule has 1 aliphatic heterocycles. The van der Waals surface area contributed by atoms with Gasteiger partial charge in [0.1, 0.15) is 0 Å². The van der Waals surface area contributed by atoms with Gasteiger partial charge in [-0.15, -0.1) is 0 Å². The molecule has 2 atom stereocenters. The Morgan fingerprint density at radius 3 is 2.58 bits per heavy atom. The van der Waals surface area contributed by atoms with E-state index in [-0.39, 0.29) is 18.1 Å². The van der Waals surface area contributed by atoms with Crippen molar-refractivity contribution in [2.45, 2.75) is 76.6 Å². The van der Waals surface area contributed by atoms with E-state index in [2.05, 4.69) is 12.2 Å². The predicted molar refractivity (Wildman–Crippen MR) is 70.2 cm³/mol. The van der Waals surface area contributed by atoms with Crippen LogP contribution in [0.4, 0.5) is 13.2 Å². The van der Waals surface area contributed by atoms with Crippen molar-refractivity contribution >= 4 is 0 Å². The van der Waals surface area contributed by atoms with Gasteiger partial charge in [0, 0.05) is 19.1 Å². The van der Waals surface area contributed by atoms with Gasteiger partial charge in [-0.3, -0.25) is 0 Å². The molecule has 0 bridgehead atoms. The minimum Gasteiger partial charge on any atom is -0.374 e. The summed E-state index contributed by atoms with van der Waals surface area (Å²) in [5.41, 5.74) is -0.307. The van der Waals surface area contributed by atoms with Crippen LogP contribution in [0.15, 0.2) is 0 Å². The van der Waals surface area contributed by atoms with Gasteiger partial charge in [0.15, 0.2) is 0 Å². The van der Waals surface area contributed by atoms with E-state index in [4.69, 9.17) is 4.74 Å². The Labute approximate surface area is 114 Å². The molecule has 1 fully saturated rings. The molecule has 19 heavy (non-hydrogen) atoms. The molecule has 0 amide bonds. The normalized spacial score (nSPS) is 26.4. The number of rotatable bonds is 7. The fourth-order valence-corrected chi connectivity index (χ4v) is 2.68. The summed E-state index contributed by atoms with van der Waals surface area (Å²) in [6.07, 6.45) is 0.00181. The molecule has 1 aliphatic rings. The first-order chi connectivity index (χ1) is 8.87. The Kier molecular flexibility index (Phi) is 6.60. The van der Waals surface area contributed by atoms with Crippen molar-refractivity contribution < 1.29 is 17.9 Å². The lowest BCUT2D eigenvalue weighted by Gasteiger charge is -2.41. The van der Waals surface area contributed by atoms with E-state index in [1.54, 1.807) is 0 Å². The third-order valence-corrected chi connectivity index (χ3v) is 3.83. The number of alkyl halides is 3. The van der Waals surface area contributed by atoms with E-state index >= 15 is 0 Å². The topological polar surface area (TPSA) is 21.3 Å². The van der Waals surface area contributed by atoms with Gasteiger partial charge in [0.05, 0.1) is 5.60 Å². The van der Waals surface area contributed by atoms with E-state index in [1.165, 1.54) is 0 Å². The number of halogens is 3. The standard InChI is InChI=1S/C14H26F3NO/c1-3-10-18-12(7-6-9-14(15,16)17)13(2)8-4-5-11-19-13/h12,18H,3-11H2,1-2H3. The monoisotopic (exact) mass is 281 g/mol. The number of ether oxygens (including phenoxy) is 1. The maximum atomic E-state index is 12.2. The van der Waals surface area contributed by atoms with Gasteiger partial charge in [-0.05, 0) is 52.0 Å². The maximum Gasteiger partial charge on any atom is 0.389 e. The molecule has 0 radical (unpaired) electrons. The molecular weight excluding hydrogens is 255 g/mol. The van der Waals surface area contributed by atoms with Gasteiger partial charge in [-0.2, -0.15) is 13.2 Å². The maximum absolute atomic E-state index is 12.2. The second-order valence-corrected chi connectivity index (χ2v) is 5.63. The van der Waals surface area contributed by atoms with Gasteiger partial charge < -0.3 is 10.1 Å². The minimum atomic E-state index is -4.05. The zero-order valence-corrected chi connectivity index (χ0v) is 12.0. The molecule has 0 aromatic rings. The molecule has 5 heteroatoms. The van der Waals surface area contributed by atoms with E-state index < -0.39 is 12.6 Å². The highest BCUT2D eigenvalue weighted by Gasteiger charge is 2.37. The summed E-state index contributed by atoms with van der Waals surface area (Å²) in [6.45, 7) is 5.65. The lowest BCUT2D eigenvalue weighted by Crippen LogP contribution is -2.52. The summed E-state index contributed by atoms with van der Waals surface area (Å²) in [5, 5.41) is 3.37. The van der Waals surface area contributed by atoms with Crippen molar-refractivity contribution in [2.24, 2.45) is 0 Å². The summed E-state index contributed by atoms with van der Waals surface area (Å²) < 4.78 is 42.6. The fraction of sp³-hybridized carbons (Fsp3) is 1.00. The second-order valence-electron chi connectivity index (χ2n) is 5.63. The Morgan fingerprint density at radius 2 is 2.05 bits per heavy atom. The molecular formula is C14H26F3NO. The molecule has 114 valence electrons. The van der Waals surface area contributed by atoms with Crippen LogP contribution in [0.25, 0.3) is 0 Å². The second kappa shape index (κ2) is 7.48. The zero-order chi connectivity index (χ0) is 14.4. The Bertz CT molecular complexity index is 250. The Hall–Kier alpha value is -0.290. The quantitative estimate of drug-likeness (QED) is 0.760. The average Bonchev–Trinajstić information content (AvgIpc) is 2.33. The van der Waals surface area contributed by atoms with Gasteiger partial charge >= 0.3 is 6.18 Å². The highest BCUT2D eigenvalue weighted by molar-refractivity contribution is 4.91. The van der Waals surface area contributed by atoms with Crippen LogP contribution in [-0.2, 0) is 4.74 Å². The number of hydrogen-bond acceptors (Lipinski definition) is 2. The van der Waals surface area contributed by atoms with E-state index in [1.807, 2.05) is 6.92 Å². The summed E-state index contributed by atoms with van der Waals surface area (Å²) >= 11 is 0. The van der Waals surface area contributed by atoms with Gasteiger partial charge in [0.2, 0.25) is 0 Å². The molecule has 0 aromatic carbocycles. The zero-order valence-electron chi connectivity index (χ0n) is 12.0. The molecule has 0 spiro atoms. The van der Waals surface area contributed by atoms with Gasteiger partial charge in [-0.1, -0.05) is 6.92 Å². The van der Waals surface area contributed by atoms with E-state index in [0.717, 1.165) is 38.8 Å². The average molecular weight is 281 g/mol. The SMILES string of the molecule is CCCNC(CCCC(F)(F)F)C1(C)CCCCO1. The fourth-order valence-electron chi connectivity index (χ4n) is 2.68. The van der Waals surface area contributed by atoms with Crippen molar-refractivity contribution in [1.82, 2.24) is 5.32 Å². The molecule has 1 rings (SSSR count). The van der Waals surface area contributed by atoms with Crippen molar-refractivity contribution in [3.05, 3.63) is 0 Å². The lowest BCUT2D eigenvalue weighted by molar-refractivity contribution is -0.138. The molecule has 2 unspecified atom stereocenters. The number of nitrogens with one attached hydrogen (secondary N) is 1. The molecule has 0 aliphatic carbocycles. The molecule has 1 saturated heterocycles. The largest absolute Gasteiger partial charge is 0.389 e. The highest BCUT2D eigenvalue weighted by Crippen LogP contribution is 2.31. The summed E-state index contributed by atoms with van der Waals surface area (Å²) in [6, 6.07) is 0.0232.